The van der Waals surface area contributed by atoms with E-state index < -0.39 is 0 Å². The van der Waals surface area contributed by atoms with E-state index in [4.69, 9.17) is 0 Å². The van der Waals surface area contributed by atoms with E-state index in [1.165, 1.54) is 48.0 Å². The predicted octanol–water partition coefficient (Wildman–Crippen LogP) is 9.44. The Kier molecular flexibility index (Phi) is 4.93. The summed E-state index contributed by atoms with van der Waals surface area (Å²) in [5, 5.41) is 6.21. The number of hydrogen-bond acceptors (Lipinski definition) is 2. The molecule has 6 aromatic rings. The molecular formula is C31H23NS. The fourth-order valence-corrected chi connectivity index (χ4v) is 5.60. The third kappa shape index (κ3) is 3.79. The number of anilines is 2. The quantitative estimate of drug-likeness (QED) is 0.287. The SMILES string of the molecule is Cc1ccc(-c2ccc(Nc3ccc(-c4cccc5c4sc4ccccc45)cc3)cc2)cc1. The fraction of sp³-hybridized carbons (Fsp3) is 0.0323. The smallest absolute Gasteiger partial charge is 0.0433 e. The lowest BCUT2D eigenvalue weighted by atomic mass is 10.0. The molecule has 0 radical (unpaired) electrons. The molecule has 0 aliphatic carbocycles. The van der Waals surface area contributed by atoms with E-state index in [9.17, 15) is 0 Å². The number of thiophene rings is 1. The van der Waals surface area contributed by atoms with Crippen molar-refractivity contribution < 1.29 is 0 Å². The lowest BCUT2D eigenvalue weighted by Crippen LogP contribution is -1.90. The van der Waals surface area contributed by atoms with Crippen LogP contribution in [0.2, 0.25) is 0 Å². The fourth-order valence-electron chi connectivity index (χ4n) is 4.37. The third-order valence-corrected chi connectivity index (χ3v) is 7.38. The summed E-state index contributed by atoms with van der Waals surface area (Å²) in [4.78, 5) is 0. The minimum atomic E-state index is 1.09. The van der Waals surface area contributed by atoms with Crippen molar-refractivity contribution >= 4 is 42.9 Å². The van der Waals surface area contributed by atoms with Gasteiger partial charge in [-0.05, 0) is 59.5 Å². The summed E-state index contributed by atoms with van der Waals surface area (Å²) in [7, 11) is 0. The minimum absolute atomic E-state index is 1.09. The maximum Gasteiger partial charge on any atom is 0.0433 e. The number of rotatable bonds is 4. The Morgan fingerprint density at radius 3 is 1.79 bits per heavy atom. The van der Waals surface area contributed by atoms with Gasteiger partial charge in [0.1, 0.15) is 0 Å². The van der Waals surface area contributed by atoms with E-state index in [1.54, 1.807) is 0 Å². The molecule has 0 fully saturated rings. The van der Waals surface area contributed by atoms with Gasteiger partial charge in [-0.25, -0.2) is 0 Å². The van der Waals surface area contributed by atoms with Crippen molar-refractivity contribution in [3.8, 4) is 22.3 Å². The zero-order valence-electron chi connectivity index (χ0n) is 18.4. The molecule has 0 spiro atoms. The van der Waals surface area contributed by atoms with Crippen LogP contribution in [0.4, 0.5) is 11.4 Å². The predicted molar refractivity (Wildman–Crippen MR) is 145 cm³/mol. The molecular weight excluding hydrogens is 418 g/mol. The van der Waals surface area contributed by atoms with E-state index in [-0.39, 0.29) is 0 Å². The van der Waals surface area contributed by atoms with Crippen molar-refractivity contribution in [2.24, 2.45) is 0 Å². The summed E-state index contributed by atoms with van der Waals surface area (Å²) in [6.07, 6.45) is 0. The van der Waals surface area contributed by atoms with Crippen LogP contribution in [0.5, 0.6) is 0 Å². The van der Waals surface area contributed by atoms with E-state index in [2.05, 4.69) is 128 Å². The highest BCUT2D eigenvalue weighted by atomic mass is 32.1. The molecule has 33 heavy (non-hydrogen) atoms. The average molecular weight is 442 g/mol. The van der Waals surface area contributed by atoms with E-state index in [0.29, 0.717) is 0 Å². The number of hydrogen-bond donors (Lipinski definition) is 1. The molecule has 2 heteroatoms. The summed E-state index contributed by atoms with van der Waals surface area (Å²) >= 11 is 1.87. The first-order chi connectivity index (χ1) is 16.2. The molecule has 0 bridgehead atoms. The van der Waals surface area contributed by atoms with Gasteiger partial charge in [-0.1, -0.05) is 90.5 Å². The zero-order valence-corrected chi connectivity index (χ0v) is 19.2. The van der Waals surface area contributed by atoms with Crippen LogP contribution in [0.15, 0.2) is 115 Å². The molecule has 0 atom stereocenters. The van der Waals surface area contributed by atoms with Crippen LogP contribution < -0.4 is 5.32 Å². The van der Waals surface area contributed by atoms with Gasteiger partial charge in [0, 0.05) is 31.5 Å². The highest BCUT2D eigenvalue weighted by molar-refractivity contribution is 7.26. The van der Waals surface area contributed by atoms with E-state index in [1.807, 2.05) is 11.3 Å². The molecule has 0 amide bonds. The zero-order chi connectivity index (χ0) is 22.2. The standard InChI is InChI=1S/C31H23NS/c1-21-9-11-22(12-10-21)23-13-17-25(18-14-23)32-26-19-15-24(16-20-26)27-6-4-7-29-28-5-2-3-8-30(28)33-31(27)29/h2-20,32H,1H3. The molecule has 0 saturated heterocycles. The van der Waals surface area contributed by atoms with Crippen molar-refractivity contribution in [1.29, 1.82) is 0 Å². The van der Waals surface area contributed by atoms with Crippen LogP contribution in [0, 0.1) is 6.92 Å². The van der Waals surface area contributed by atoms with Crippen molar-refractivity contribution in [3.63, 3.8) is 0 Å². The molecule has 6 rings (SSSR count). The van der Waals surface area contributed by atoms with Gasteiger partial charge < -0.3 is 5.32 Å². The van der Waals surface area contributed by atoms with Gasteiger partial charge in [0.25, 0.3) is 0 Å². The Bertz CT molecular complexity index is 1560. The van der Waals surface area contributed by atoms with Gasteiger partial charge in [0.05, 0.1) is 0 Å². The summed E-state index contributed by atoms with van der Waals surface area (Å²) in [5.74, 6) is 0. The second-order valence-corrected chi connectivity index (χ2v) is 9.48. The van der Waals surface area contributed by atoms with Crippen LogP contribution in [-0.2, 0) is 0 Å². The number of fused-ring (bicyclic) bond motifs is 3. The van der Waals surface area contributed by atoms with Gasteiger partial charge in [0.2, 0.25) is 0 Å². The first-order valence-corrected chi connectivity index (χ1v) is 12.0. The Hall–Kier alpha value is -3.88. The first-order valence-electron chi connectivity index (χ1n) is 11.2. The Balaban J connectivity index is 1.25. The second kappa shape index (κ2) is 8.23. The molecule has 0 aliphatic heterocycles. The Labute approximate surface area is 198 Å². The Morgan fingerprint density at radius 2 is 1.09 bits per heavy atom. The lowest BCUT2D eigenvalue weighted by molar-refractivity contribution is 1.47. The molecule has 0 unspecified atom stereocenters. The Morgan fingerprint density at radius 1 is 0.515 bits per heavy atom. The van der Waals surface area contributed by atoms with Crippen molar-refractivity contribution in [2.75, 3.05) is 5.32 Å². The summed E-state index contributed by atoms with van der Waals surface area (Å²) in [5.41, 5.74) is 8.47. The molecule has 5 aromatic carbocycles. The summed E-state index contributed by atoms with van der Waals surface area (Å²) < 4.78 is 2.69. The largest absolute Gasteiger partial charge is 0.356 e. The van der Waals surface area contributed by atoms with Gasteiger partial charge >= 0.3 is 0 Å². The first kappa shape index (κ1) is 19.8. The molecule has 0 saturated carbocycles. The molecule has 1 N–H and O–H groups in total. The number of benzene rings is 5. The molecule has 0 aliphatic rings. The molecule has 158 valence electrons. The summed E-state index contributed by atoms with van der Waals surface area (Å²) in [6.45, 7) is 2.12. The van der Waals surface area contributed by atoms with Gasteiger partial charge in [-0.2, -0.15) is 0 Å². The van der Waals surface area contributed by atoms with E-state index in [0.717, 1.165) is 11.4 Å². The summed E-state index contributed by atoms with van der Waals surface area (Å²) in [6, 6.07) is 41.3. The lowest BCUT2D eigenvalue weighted by Gasteiger charge is -2.10. The van der Waals surface area contributed by atoms with Crippen molar-refractivity contribution in [1.82, 2.24) is 0 Å². The minimum Gasteiger partial charge on any atom is -0.356 e. The maximum absolute atomic E-state index is 3.53. The monoisotopic (exact) mass is 441 g/mol. The highest BCUT2D eigenvalue weighted by Gasteiger charge is 2.10. The highest BCUT2D eigenvalue weighted by Crippen LogP contribution is 2.40. The normalized spacial score (nSPS) is 11.2. The average Bonchev–Trinajstić information content (AvgIpc) is 3.25. The third-order valence-electron chi connectivity index (χ3n) is 6.16. The van der Waals surface area contributed by atoms with E-state index >= 15 is 0 Å². The van der Waals surface area contributed by atoms with Crippen LogP contribution in [0.1, 0.15) is 5.56 Å². The topological polar surface area (TPSA) is 12.0 Å². The van der Waals surface area contributed by atoms with Crippen LogP contribution >= 0.6 is 11.3 Å². The molecule has 1 heterocycles. The number of nitrogens with one attached hydrogen (secondary N) is 1. The van der Waals surface area contributed by atoms with Crippen LogP contribution in [0.25, 0.3) is 42.4 Å². The van der Waals surface area contributed by atoms with Crippen LogP contribution in [0.3, 0.4) is 0 Å². The van der Waals surface area contributed by atoms with Gasteiger partial charge in [-0.3, -0.25) is 0 Å². The van der Waals surface area contributed by atoms with Gasteiger partial charge in [0.15, 0.2) is 0 Å². The van der Waals surface area contributed by atoms with Crippen molar-refractivity contribution in [3.05, 3.63) is 121 Å². The van der Waals surface area contributed by atoms with Crippen molar-refractivity contribution in [2.45, 2.75) is 6.92 Å². The number of aryl methyl sites for hydroxylation is 1. The molecule has 1 nitrogen and oxygen atoms in total. The second-order valence-electron chi connectivity index (χ2n) is 8.43. The molecule has 1 aromatic heterocycles. The van der Waals surface area contributed by atoms with Crippen LogP contribution in [-0.4, -0.2) is 0 Å². The maximum atomic E-state index is 3.53. The van der Waals surface area contributed by atoms with Gasteiger partial charge in [-0.15, -0.1) is 11.3 Å².